The van der Waals surface area contributed by atoms with E-state index in [0.717, 1.165) is 39.8 Å². The van der Waals surface area contributed by atoms with Gasteiger partial charge in [0.2, 0.25) is 0 Å². The molecular weight excluding hydrogens is 550 g/mol. The van der Waals surface area contributed by atoms with E-state index in [9.17, 15) is 14.7 Å². The van der Waals surface area contributed by atoms with E-state index in [2.05, 4.69) is 23.5 Å². The minimum Gasteiger partial charge on any atom is -0.480 e. The highest BCUT2D eigenvalue weighted by Gasteiger charge is 2.42. The van der Waals surface area contributed by atoms with E-state index < -0.39 is 29.8 Å². The second kappa shape index (κ2) is 12.6. The van der Waals surface area contributed by atoms with Gasteiger partial charge in [0, 0.05) is 0 Å². The molecule has 0 aliphatic heterocycles. The smallest absolute Gasteiger partial charge is 0.408 e. The zero-order valence-corrected chi connectivity index (χ0v) is 24.4. The van der Waals surface area contributed by atoms with Crippen molar-refractivity contribution < 1.29 is 24.2 Å². The Morgan fingerprint density at radius 3 is 1.82 bits per heavy atom. The molecule has 0 saturated heterocycles. The van der Waals surface area contributed by atoms with Gasteiger partial charge in [-0.15, -0.1) is 0 Å². The van der Waals surface area contributed by atoms with E-state index in [1.54, 1.807) is 6.92 Å². The third kappa shape index (κ3) is 5.60. The number of rotatable bonds is 10. The topological polar surface area (TPSA) is 84.9 Å². The standard InChI is InChI=1S/C38H33NO5/c1-26(44-38(29-16-5-2-6-17-29,30-18-7-3-8-19-30)31-20-9-4-10-21-31)35(36(40)41)39-37(42)43-25-28-15-13-23-33-32-22-12-11-14-27(32)24-34(28)33/h2-23,26,35H,24-25H2,1H3,(H,39,42)(H,40,41). The lowest BCUT2D eigenvalue weighted by Gasteiger charge is -2.39. The number of amides is 1. The predicted molar refractivity (Wildman–Crippen MR) is 169 cm³/mol. The van der Waals surface area contributed by atoms with E-state index in [4.69, 9.17) is 9.47 Å². The van der Waals surface area contributed by atoms with Crippen molar-refractivity contribution in [3.8, 4) is 11.1 Å². The summed E-state index contributed by atoms with van der Waals surface area (Å²) in [5.41, 5.74) is 6.89. The molecule has 0 fully saturated rings. The number of aliphatic carboxylic acids is 1. The van der Waals surface area contributed by atoms with Crippen LogP contribution in [0, 0.1) is 0 Å². The first kappa shape index (κ1) is 28.9. The summed E-state index contributed by atoms with van der Waals surface area (Å²) < 4.78 is 12.4. The number of ether oxygens (including phenoxy) is 2. The SMILES string of the molecule is CC(OC(c1ccccc1)(c1ccccc1)c1ccccc1)C(NC(=O)OCc1cccc2c1Cc1ccccc1-2)C(=O)O. The number of alkyl carbamates (subject to hydrolysis) is 1. The molecule has 1 aliphatic rings. The van der Waals surface area contributed by atoms with Crippen LogP contribution >= 0.6 is 0 Å². The number of hydrogen-bond acceptors (Lipinski definition) is 4. The van der Waals surface area contributed by atoms with Crippen LogP contribution in [0.25, 0.3) is 11.1 Å². The Bertz CT molecular complexity index is 1660. The Balaban J connectivity index is 1.25. The Labute approximate surface area is 256 Å². The van der Waals surface area contributed by atoms with E-state index >= 15 is 0 Å². The van der Waals surface area contributed by atoms with E-state index in [0.29, 0.717) is 0 Å². The molecule has 0 spiro atoms. The molecule has 2 unspecified atom stereocenters. The van der Waals surface area contributed by atoms with Crippen LogP contribution in [0.3, 0.4) is 0 Å². The Morgan fingerprint density at radius 1 is 0.727 bits per heavy atom. The largest absolute Gasteiger partial charge is 0.480 e. The van der Waals surface area contributed by atoms with E-state index in [1.165, 1.54) is 11.1 Å². The summed E-state index contributed by atoms with van der Waals surface area (Å²) in [6.45, 7) is 1.68. The predicted octanol–water partition coefficient (Wildman–Crippen LogP) is 7.33. The molecule has 6 nitrogen and oxygen atoms in total. The van der Waals surface area contributed by atoms with Crippen molar-refractivity contribution in [2.45, 2.75) is 37.7 Å². The number of nitrogens with one attached hydrogen (secondary N) is 1. The minimum absolute atomic E-state index is 0.0204. The van der Waals surface area contributed by atoms with Gasteiger partial charge in [0.05, 0.1) is 6.10 Å². The molecule has 5 aromatic rings. The highest BCUT2D eigenvalue weighted by Crippen LogP contribution is 2.42. The van der Waals surface area contributed by atoms with Crippen molar-refractivity contribution in [2.75, 3.05) is 0 Å². The van der Waals surface area contributed by atoms with Crippen LogP contribution in [0.4, 0.5) is 4.79 Å². The van der Waals surface area contributed by atoms with Crippen LogP contribution in [0.2, 0.25) is 0 Å². The van der Waals surface area contributed by atoms with Crippen LogP contribution in [0.1, 0.15) is 40.3 Å². The molecule has 1 aliphatic carbocycles. The highest BCUT2D eigenvalue weighted by atomic mass is 16.6. The summed E-state index contributed by atoms with van der Waals surface area (Å²) in [7, 11) is 0. The van der Waals surface area contributed by atoms with Gasteiger partial charge in [-0.2, -0.15) is 0 Å². The second-order valence-electron chi connectivity index (χ2n) is 10.9. The fraction of sp³-hybridized carbons (Fsp3) is 0.158. The first-order chi connectivity index (χ1) is 21.5. The molecule has 0 bridgehead atoms. The molecule has 220 valence electrons. The lowest BCUT2D eigenvalue weighted by atomic mass is 9.79. The van der Waals surface area contributed by atoms with Gasteiger partial charge in [0.25, 0.3) is 0 Å². The third-order valence-corrected chi connectivity index (χ3v) is 8.22. The molecule has 2 atom stereocenters. The summed E-state index contributed by atoms with van der Waals surface area (Å²) in [4.78, 5) is 25.7. The number of hydrogen-bond donors (Lipinski definition) is 2. The zero-order chi connectivity index (χ0) is 30.5. The van der Waals surface area contributed by atoms with Crippen molar-refractivity contribution in [1.82, 2.24) is 5.32 Å². The van der Waals surface area contributed by atoms with Crippen molar-refractivity contribution >= 4 is 12.1 Å². The van der Waals surface area contributed by atoms with Gasteiger partial charge in [0.15, 0.2) is 6.04 Å². The average Bonchev–Trinajstić information content (AvgIpc) is 3.45. The monoisotopic (exact) mass is 583 g/mol. The molecule has 0 heterocycles. The van der Waals surface area contributed by atoms with E-state index in [-0.39, 0.29) is 6.61 Å². The normalized spacial score (nSPS) is 13.3. The highest BCUT2D eigenvalue weighted by molar-refractivity contribution is 5.81. The van der Waals surface area contributed by atoms with E-state index in [1.807, 2.05) is 115 Å². The number of fused-ring (bicyclic) bond motifs is 3. The summed E-state index contributed by atoms with van der Waals surface area (Å²) in [6.07, 6.45) is -1.03. The Morgan fingerprint density at radius 2 is 1.25 bits per heavy atom. The van der Waals surface area contributed by atoms with Gasteiger partial charge in [-0.25, -0.2) is 9.59 Å². The van der Waals surface area contributed by atoms with Crippen LogP contribution in [-0.4, -0.2) is 29.3 Å². The van der Waals surface area contributed by atoms with Crippen LogP contribution in [-0.2, 0) is 32.9 Å². The molecule has 0 saturated carbocycles. The maximum atomic E-state index is 13.1. The van der Waals surface area contributed by atoms with Crippen LogP contribution in [0.15, 0.2) is 133 Å². The number of carboxylic acid groups (broad SMARTS) is 1. The molecule has 0 radical (unpaired) electrons. The van der Waals surface area contributed by atoms with Crippen molar-refractivity contribution in [1.29, 1.82) is 0 Å². The quantitative estimate of drug-likeness (QED) is 0.165. The minimum atomic E-state index is -1.39. The van der Waals surface area contributed by atoms with Crippen molar-refractivity contribution in [3.63, 3.8) is 0 Å². The average molecular weight is 584 g/mol. The van der Waals surface area contributed by atoms with Gasteiger partial charge >= 0.3 is 12.1 Å². The summed E-state index contributed by atoms with van der Waals surface area (Å²) in [6, 6.07) is 41.9. The van der Waals surface area contributed by atoms with Crippen LogP contribution in [0.5, 0.6) is 0 Å². The van der Waals surface area contributed by atoms with Gasteiger partial charge < -0.3 is 19.9 Å². The maximum absolute atomic E-state index is 13.1. The molecule has 1 amide bonds. The lowest BCUT2D eigenvalue weighted by molar-refractivity contribution is -0.146. The zero-order valence-electron chi connectivity index (χ0n) is 24.4. The molecule has 5 aromatic carbocycles. The van der Waals surface area contributed by atoms with Crippen molar-refractivity contribution in [2.24, 2.45) is 0 Å². The molecular formula is C38H33NO5. The summed E-state index contributed by atoms with van der Waals surface area (Å²) >= 11 is 0. The summed E-state index contributed by atoms with van der Waals surface area (Å²) in [5, 5.41) is 12.8. The number of carboxylic acids is 1. The third-order valence-electron chi connectivity index (χ3n) is 8.22. The van der Waals surface area contributed by atoms with Crippen LogP contribution < -0.4 is 5.32 Å². The first-order valence-electron chi connectivity index (χ1n) is 14.7. The number of benzene rings is 5. The number of carbonyl (C=O) groups excluding carboxylic acids is 1. The Hall–Kier alpha value is -5.20. The van der Waals surface area contributed by atoms with Gasteiger partial charge in [0.1, 0.15) is 12.2 Å². The number of carbonyl (C=O) groups is 2. The van der Waals surface area contributed by atoms with Gasteiger partial charge in [-0.3, -0.25) is 0 Å². The Kier molecular flexibility index (Phi) is 8.26. The van der Waals surface area contributed by atoms with Gasteiger partial charge in [-0.1, -0.05) is 133 Å². The summed E-state index contributed by atoms with van der Waals surface area (Å²) in [5.74, 6) is -1.23. The molecule has 0 aromatic heterocycles. The maximum Gasteiger partial charge on any atom is 0.408 e. The second-order valence-corrected chi connectivity index (χ2v) is 10.9. The fourth-order valence-electron chi connectivity index (χ4n) is 6.12. The molecule has 6 rings (SSSR count). The first-order valence-corrected chi connectivity index (χ1v) is 14.7. The van der Waals surface area contributed by atoms with Crippen molar-refractivity contribution in [3.05, 3.63) is 167 Å². The lowest BCUT2D eigenvalue weighted by Crippen LogP contribution is -2.51. The fourth-order valence-corrected chi connectivity index (χ4v) is 6.12. The molecule has 2 N–H and O–H groups in total. The molecule has 44 heavy (non-hydrogen) atoms. The molecule has 6 heteroatoms. The van der Waals surface area contributed by atoms with Gasteiger partial charge in [-0.05, 0) is 57.9 Å².